The lowest BCUT2D eigenvalue weighted by Crippen LogP contribution is -2.46. The molecule has 6 N–H and O–H groups in total. The fourth-order valence-electron chi connectivity index (χ4n) is 17.4. The summed E-state index contributed by atoms with van der Waals surface area (Å²) < 4.78 is 71.1. The number of unbranched alkanes of at least 4 members (excludes halogenated alkanes) is 3. The summed E-state index contributed by atoms with van der Waals surface area (Å²) in [6.07, 6.45) is 6.32. The molecule has 0 aliphatic carbocycles. The molecule has 119 heavy (non-hydrogen) atoms. The summed E-state index contributed by atoms with van der Waals surface area (Å²) in [5.41, 5.74) is 10.6. The normalized spacial score (nSPS) is 18.6. The second-order valence-electron chi connectivity index (χ2n) is 32.6. The molecule has 624 valence electrons. The number of carbonyl (C=O) groups is 6. The van der Waals surface area contributed by atoms with Gasteiger partial charge in [0.2, 0.25) is 26.0 Å². The minimum atomic E-state index is -1.91. The van der Waals surface area contributed by atoms with Crippen LogP contribution in [-0.2, 0) is 118 Å². The van der Waals surface area contributed by atoms with Gasteiger partial charge >= 0.3 is 35.5 Å². The van der Waals surface area contributed by atoms with Crippen molar-refractivity contribution >= 4 is 96.9 Å². The molecule has 15 heterocycles. The Bertz CT molecular complexity index is 6120. The molecule has 9 aromatic rings. The number of ether oxygens (including phenoxy) is 12. The summed E-state index contributed by atoms with van der Waals surface area (Å²) in [7, 11) is 0. The number of pyridine rings is 6. The number of cyclic esters (lactones) is 3. The third-order valence-electron chi connectivity index (χ3n) is 23.1. The number of anilines is 3. The van der Waals surface area contributed by atoms with Gasteiger partial charge in [0.1, 0.15) is 42.4 Å². The summed E-state index contributed by atoms with van der Waals surface area (Å²) in [6, 6.07) is 10.4. The number of carbonyl (C=O) groups excluding carboxylic acids is 6. The lowest BCUT2D eigenvalue weighted by molar-refractivity contribution is -0.172. The topological polar surface area (TPSA) is 408 Å². The van der Waals surface area contributed by atoms with Gasteiger partial charge in [0.05, 0.1) is 92.7 Å². The highest BCUT2D eigenvalue weighted by Gasteiger charge is 2.52. The smallest absolute Gasteiger partial charge is 0.412 e. The minimum Gasteiger partial charge on any atom is -0.458 e. The van der Waals surface area contributed by atoms with Crippen LogP contribution in [0, 0.1) is 0 Å². The third-order valence-corrected chi connectivity index (χ3v) is 23.2. The van der Waals surface area contributed by atoms with Gasteiger partial charge in [0.25, 0.3) is 16.7 Å². The third kappa shape index (κ3) is 13.3. The average molecular weight is 1650 g/mol. The van der Waals surface area contributed by atoms with Gasteiger partial charge < -0.3 is 86.5 Å². The quantitative estimate of drug-likeness (QED) is 0.0275. The van der Waals surface area contributed by atoms with Crippen LogP contribution in [-0.4, -0.2) is 106 Å². The number of hydrogen-bond acceptors (Lipinski definition) is 27. The Balaban J connectivity index is 0.000000134. The molecular weight excluding hydrogens is 1560 g/mol. The van der Waals surface area contributed by atoms with Crippen LogP contribution < -0.4 is 61.5 Å². The van der Waals surface area contributed by atoms with Crippen molar-refractivity contribution in [3.8, 4) is 68.7 Å². The Hall–Kier alpha value is -12.0. The van der Waals surface area contributed by atoms with Crippen LogP contribution >= 0.6 is 11.6 Å². The fourth-order valence-corrected chi connectivity index (χ4v) is 17.5. The molecule has 0 radical (unpaired) electrons. The highest BCUT2D eigenvalue weighted by Crippen LogP contribution is 2.54. The van der Waals surface area contributed by atoms with Gasteiger partial charge in [-0.15, -0.1) is 0 Å². The van der Waals surface area contributed by atoms with Crippen molar-refractivity contribution in [1.29, 1.82) is 0 Å². The molecule has 33 heteroatoms. The van der Waals surface area contributed by atoms with Gasteiger partial charge in [-0.1, -0.05) is 60.8 Å². The Morgan fingerprint density at radius 3 is 1.18 bits per heavy atom. The van der Waals surface area contributed by atoms with Crippen LogP contribution in [0.15, 0.2) is 50.8 Å². The van der Waals surface area contributed by atoms with Crippen molar-refractivity contribution in [3.63, 3.8) is 0 Å². The molecule has 32 nitrogen and oxygen atoms in total. The number of aliphatic hydroxyl groups is 2. The number of nitrogens with zero attached hydrogens (tertiary/aromatic N) is 6. The number of benzene rings is 3. The number of halogens is 1. The molecule has 9 aliphatic heterocycles. The number of nitrogens with two attached hydrogens (primary N) is 1. The first-order valence-corrected chi connectivity index (χ1v) is 40.4. The zero-order valence-electron chi connectivity index (χ0n) is 67.9. The molecule has 0 unspecified atom stereocenters. The molecule has 2 amide bonds. The van der Waals surface area contributed by atoms with Crippen molar-refractivity contribution in [2.45, 2.75) is 228 Å². The number of rotatable bonds is 15. The Morgan fingerprint density at radius 2 is 0.815 bits per heavy atom. The van der Waals surface area contributed by atoms with Gasteiger partial charge in [-0.25, -0.2) is 43.7 Å². The standard InChI is InChI=1S/C31H32ClN3O9.C30H33N3O8.C25H25N3O6/c1-6-8-9-15-16-12-35-20(10-18-17(26(35)36)13-40-27(37)31(18,7-2)43-28(32)38)23(16)33-19-11-21-25(42-14-41-21)24(22(15)19)34-29(39)44-30(3,4)5;1-6-8-9-15-16-12-33-20(10-18-17(26(33)34)13-38-27(35)30(18,37)7-2)23(16)31-19-11-21-25(40-14-39-21)24(22(15)19)32-28(36)41-29(3,4)5;1-3-5-6-12-13-9-28-17(7-15-14(23(28)29)10-32-24(30)25(15,31)4-2)21(13)27-16-8-18-22(34-11-33-18)20(26)19(12)16/h10-11H,6-9,12-14H2,1-5H3,(H,34,39);10-11,37H,6-9,12-14H2,1-5H3,(H,32,36);7-8,31H,3-6,9-11,26H2,1-2H3/t31-;30-;25-/m000/s1. The summed E-state index contributed by atoms with van der Waals surface area (Å²) in [5, 5.41) is 30.3. The molecule has 3 atom stereocenters. The van der Waals surface area contributed by atoms with Crippen LogP contribution in [0.3, 0.4) is 0 Å². The summed E-state index contributed by atoms with van der Waals surface area (Å²) >= 11 is 5.59. The molecule has 18 rings (SSSR count). The van der Waals surface area contributed by atoms with E-state index in [4.69, 9.17) is 89.1 Å². The van der Waals surface area contributed by atoms with E-state index in [9.17, 15) is 53.4 Å². The fraction of sp³-hybridized carbons (Fsp3) is 0.442. The predicted octanol–water partition coefficient (Wildman–Crippen LogP) is 13.1. The largest absolute Gasteiger partial charge is 0.458 e. The number of fused-ring (bicyclic) bond motifs is 18. The van der Waals surface area contributed by atoms with E-state index in [1.54, 1.807) is 106 Å². The summed E-state index contributed by atoms with van der Waals surface area (Å²) in [6.45, 7) is 22.2. The first-order valence-electron chi connectivity index (χ1n) is 40.0. The van der Waals surface area contributed by atoms with E-state index >= 15 is 0 Å². The number of aromatic nitrogens is 6. The van der Waals surface area contributed by atoms with Crippen molar-refractivity contribution in [2.24, 2.45) is 0 Å². The SMILES string of the molecule is CCCCc1c2c(nc3cc4c(c(N)c13)OCO4)-c1cc3c(c(=O)n1C2)COC(=O)[C@]3(O)CC.CCCCc1c2c(nc3cc4c(c(NC(=O)OC(C)(C)C)c13)OCO4)-c1cc3c(c(=O)n1C2)COC(=O)[C@@]3(CC)OC(=O)Cl.CCCCc1c2c(nc3cc4c(c(NC(=O)OC(C)(C)C)c13)OCO4)-c1cc3c(c(=O)n1C2)COC(=O)[C@]3(O)CC. The van der Waals surface area contributed by atoms with Crippen LogP contribution in [0.2, 0.25) is 0 Å². The predicted molar refractivity (Wildman–Crippen MR) is 432 cm³/mol. The minimum absolute atomic E-state index is 0.00309. The van der Waals surface area contributed by atoms with Crippen LogP contribution in [0.4, 0.5) is 31.4 Å². The zero-order chi connectivity index (χ0) is 84.6. The van der Waals surface area contributed by atoms with E-state index in [1.165, 1.54) is 0 Å². The Morgan fingerprint density at radius 1 is 0.471 bits per heavy atom. The van der Waals surface area contributed by atoms with E-state index in [0.29, 0.717) is 144 Å². The van der Waals surface area contributed by atoms with Gasteiger partial charge in [0, 0.05) is 79.3 Å². The first kappa shape index (κ1) is 80.7. The van der Waals surface area contributed by atoms with Crippen LogP contribution in [0.5, 0.6) is 34.5 Å². The second-order valence-corrected chi connectivity index (χ2v) is 32.9. The van der Waals surface area contributed by atoms with E-state index in [1.807, 2.05) is 6.07 Å². The summed E-state index contributed by atoms with van der Waals surface area (Å²) in [4.78, 5) is 132. The second kappa shape index (κ2) is 30.1. The Labute approximate surface area is 685 Å². The van der Waals surface area contributed by atoms with Gasteiger partial charge in [-0.3, -0.25) is 25.0 Å². The molecule has 0 fully saturated rings. The van der Waals surface area contributed by atoms with E-state index in [-0.39, 0.29) is 106 Å². The molecule has 0 bridgehead atoms. The van der Waals surface area contributed by atoms with E-state index in [2.05, 4.69) is 31.4 Å². The maximum Gasteiger partial charge on any atom is 0.412 e. The highest BCUT2D eigenvalue weighted by atomic mass is 35.5. The number of amides is 2. The van der Waals surface area contributed by atoms with Gasteiger partial charge in [0.15, 0.2) is 45.7 Å². The van der Waals surface area contributed by atoms with Crippen LogP contribution in [0.1, 0.15) is 208 Å². The Kier molecular flexibility index (Phi) is 20.4. The molecular formula is C86H90ClN9O23. The molecule has 3 aromatic carbocycles. The molecule has 0 spiro atoms. The number of hydrogen-bond donors (Lipinski definition) is 5. The van der Waals surface area contributed by atoms with Crippen molar-refractivity contribution in [2.75, 3.05) is 36.7 Å². The van der Waals surface area contributed by atoms with Crippen molar-refractivity contribution in [1.82, 2.24) is 28.7 Å². The highest BCUT2D eigenvalue weighted by molar-refractivity contribution is 6.61. The van der Waals surface area contributed by atoms with Gasteiger partial charge in [-0.2, -0.15) is 0 Å². The zero-order valence-corrected chi connectivity index (χ0v) is 68.7. The lowest BCUT2D eigenvalue weighted by Gasteiger charge is -2.34. The van der Waals surface area contributed by atoms with E-state index < -0.39 is 69.1 Å². The molecule has 9 aliphatic rings. The van der Waals surface area contributed by atoms with Crippen LogP contribution in [0.25, 0.3) is 66.9 Å². The maximum absolute atomic E-state index is 14.0. The number of esters is 3. The first-order chi connectivity index (χ1) is 56.7. The van der Waals surface area contributed by atoms with Gasteiger partial charge in [-0.05, 0) is 134 Å². The molecule has 0 saturated carbocycles. The number of aryl methyl sites for hydroxylation is 3. The molecule has 6 aromatic heterocycles. The van der Waals surface area contributed by atoms with Crippen molar-refractivity contribution in [3.05, 3.63) is 134 Å². The molecule has 0 saturated heterocycles. The maximum atomic E-state index is 14.0. The average Bonchev–Trinajstić information content (AvgIpc) is 1.58. The lowest BCUT2D eigenvalue weighted by atomic mass is 9.85. The monoisotopic (exact) mass is 1650 g/mol. The van der Waals surface area contributed by atoms with Crippen molar-refractivity contribution < 1.29 is 95.8 Å². The number of nitrogen functional groups attached to an aromatic ring is 1. The van der Waals surface area contributed by atoms with E-state index in [0.717, 1.165) is 83.7 Å². The number of nitrogens with one attached hydrogen (secondary N) is 2. The summed E-state index contributed by atoms with van der Waals surface area (Å²) in [5.74, 6) is 0.371.